The van der Waals surface area contributed by atoms with Crippen LogP contribution in [0.3, 0.4) is 0 Å². The zero-order valence-electron chi connectivity index (χ0n) is 17.5. The summed E-state index contributed by atoms with van der Waals surface area (Å²) in [7, 11) is 1.85. The highest BCUT2D eigenvalue weighted by molar-refractivity contribution is 5.86. The summed E-state index contributed by atoms with van der Waals surface area (Å²) >= 11 is 0. The van der Waals surface area contributed by atoms with E-state index in [1.54, 1.807) is 23.3 Å². The SMILES string of the molecule is Cn1ncc2ncnc(Nc3cc([C@H]4CC[C@@H](OC(=O)NCc5cccnc5)C4)[nH]n3)c21. The predicted octanol–water partition coefficient (Wildman–Crippen LogP) is 2.79. The minimum absolute atomic E-state index is 0.121. The number of fused-ring (bicyclic) bond motifs is 1. The van der Waals surface area contributed by atoms with Gasteiger partial charge in [-0.25, -0.2) is 14.8 Å². The van der Waals surface area contributed by atoms with Gasteiger partial charge in [-0.2, -0.15) is 10.2 Å². The van der Waals surface area contributed by atoms with Crippen LogP contribution in [0, 0.1) is 0 Å². The van der Waals surface area contributed by atoms with Gasteiger partial charge in [0.05, 0.1) is 6.20 Å². The number of hydrogen-bond donors (Lipinski definition) is 3. The summed E-state index contributed by atoms with van der Waals surface area (Å²) in [4.78, 5) is 24.7. The van der Waals surface area contributed by atoms with E-state index in [9.17, 15) is 4.79 Å². The number of nitrogens with zero attached hydrogens (tertiary/aromatic N) is 6. The van der Waals surface area contributed by atoms with Crippen LogP contribution < -0.4 is 10.6 Å². The molecule has 0 spiro atoms. The van der Waals surface area contributed by atoms with Gasteiger partial charge in [0.25, 0.3) is 0 Å². The molecule has 0 aromatic carbocycles. The fourth-order valence-corrected chi connectivity index (χ4v) is 4.03. The van der Waals surface area contributed by atoms with Crippen LogP contribution in [0.5, 0.6) is 0 Å². The number of carbonyl (C=O) groups excluding carboxylic acids is 1. The highest BCUT2D eigenvalue weighted by Crippen LogP contribution is 2.36. The molecule has 2 atom stereocenters. The van der Waals surface area contributed by atoms with Crippen LogP contribution in [-0.2, 0) is 18.3 Å². The fraction of sp³-hybridized carbons (Fsp3) is 0.333. The van der Waals surface area contributed by atoms with E-state index in [1.807, 2.05) is 25.2 Å². The summed E-state index contributed by atoms with van der Waals surface area (Å²) in [5.41, 5.74) is 3.50. The number of alkyl carbamates (subject to hydrolysis) is 1. The molecule has 1 aliphatic rings. The predicted molar refractivity (Wildman–Crippen MR) is 116 cm³/mol. The Kier molecular flexibility index (Phi) is 5.36. The van der Waals surface area contributed by atoms with Gasteiger partial charge in [0.1, 0.15) is 23.5 Å². The zero-order chi connectivity index (χ0) is 21.9. The normalized spacial score (nSPS) is 18.0. The topological polar surface area (TPSA) is 136 Å². The van der Waals surface area contributed by atoms with Crippen molar-refractivity contribution < 1.29 is 9.53 Å². The Morgan fingerprint density at radius 2 is 2.25 bits per heavy atom. The number of rotatable bonds is 6. The van der Waals surface area contributed by atoms with Crippen LogP contribution in [-0.4, -0.2) is 47.1 Å². The van der Waals surface area contributed by atoms with E-state index in [0.29, 0.717) is 18.2 Å². The number of hydrogen-bond acceptors (Lipinski definition) is 8. The first-order valence-electron chi connectivity index (χ1n) is 10.4. The molecule has 4 aromatic rings. The molecule has 4 aromatic heterocycles. The van der Waals surface area contributed by atoms with Crippen molar-refractivity contribution in [2.24, 2.45) is 7.05 Å². The van der Waals surface area contributed by atoms with Gasteiger partial charge in [0.15, 0.2) is 11.6 Å². The van der Waals surface area contributed by atoms with Gasteiger partial charge in [0, 0.05) is 43.7 Å². The first kappa shape index (κ1) is 19.9. The van der Waals surface area contributed by atoms with Crippen molar-refractivity contribution >= 4 is 28.8 Å². The number of nitrogens with one attached hydrogen (secondary N) is 3. The molecule has 11 heteroatoms. The first-order chi connectivity index (χ1) is 15.7. The summed E-state index contributed by atoms with van der Waals surface area (Å²) in [6.07, 6.45) is 8.57. The van der Waals surface area contributed by atoms with Crippen molar-refractivity contribution in [3.63, 3.8) is 0 Å². The van der Waals surface area contributed by atoms with E-state index in [2.05, 4.69) is 40.9 Å². The fourth-order valence-electron chi connectivity index (χ4n) is 4.03. The van der Waals surface area contributed by atoms with Gasteiger partial charge in [-0.3, -0.25) is 14.8 Å². The maximum Gasteiger partial charge on any atom is 0.407 e. The summed E-state index contributed by atoms with van der Waals surface area (Å²) < 4.78 is 7.32. The lowest BCUT2D eigenvalue weighted by Crippen LogP contribution is -2.27. The van der Waals surface area contributed by atoms with Crippen LogP contribution in [0.4, 0.5) is 16.4 Å². The first-order valence-corrected chi connectivity index (χ1v) is 10.4. The monoisotopic (exact) mass is 433 g/mol. The smallest absolute Gasteiger partial charge is 0.407 e. The molecule has 11 nitrogen and oxygen atoms in total. The van der Waals surface area contributed by atoms with Gasteiger partial charge >= 0.3 is 6.09 Å². The maximum absolute atomic E-state index is 12.1. The molecule has 32 heavy (non-hydrogen) atoms. The highest BCUT2D eigenvalue weighted by atomic mass is 16.6. The van der Waals surface area contributed by atoms with Gasteiger partial charge in [0.2, 0.25) is 0 Å². The highest BCUT2D eigenvalue weighted by Gasteiger charge is 2.30. The van der Waals surface area contributed by atoms with Gasteiger partial charge in [-0.15, -0.1) is 0 Å². The van der Waals surface area contributed by atoms with Crippen molar-refractivity contribution in [1.82, 2.24) is 40.2 Å². The number of amides is 1. The molecule has 5 rings (SSSR count). The minimum atomic E-state index is -0.407. The molecule has 164 valence electrons. The van der Waals surface area contributed by atoms with Crippen molar-refractivity contribution in [3.8, 4) is 0 Å². The Morgan fingerprint density at radius 3 is 3.12 bits per heavy atom. The lowest BCUT2D eigenvalue weighted by Gasteiger charge is -2.13. The molecular formula is C21H23N9O2. The Balaban J connectivity index is 1.16. The third kappa shape index (κ3) is 4.22. The number of aryl methyl sites for hydroxylation is 1. The summed E-state index contributed by atoms with van der Waals surface area (Å²) in [6.45, 7) is 0.394. The molecule has 0 bridgehead atoms. The molecule has 0 unspecified atom stereocenters. The molecule has 0 radical (unpaired) electrons. The molecular weight excluding hydrogens is 410 g/mol. The van der Waals surface area contributed by atoms with E-state index < -0.39 is 6.09 Å². The maximum atomic E-state index is 12.1. The zero-order valence-corrected chi connectivity index (χ0v) is 17.5. The van der Waals surface area contributed by atoms with Gasteiger partial charge in [-0.05, 0) is 30.9 Å². The lowest BCUT2D eigenvalue weighted by atomic mass is 10.0. The molecule has 1 amide bonds. The molecule has 3 N–H and O–H groups in total. The lowest BCUT2D eigenvalue weighted by molar-refractivity contribution is 0.0996. The quantitative estimate of drug-likeness (QED) is 0.422. The van der Waals surface area contributed by atoms with Gasteiger partial charge < -0.3 is 15.4 Å². The molecule has 1 aliphatic carbocycles. The molecule has 0 saturated heterocycles. The summed E-state index contributed by atoms with van der Waals surface area (Å²) in [6, 6.07) is 5.71. The van der Waals surface area contributed by atoms with Crippen LogP contribution in [0.15, 0.2) is 43.1 Å². The van der Waals surface area contributed by atoms with Crippen LogP contribution in [0.1, 0.15) is 36.4 Å². The number of aromatic amines is 1. The third-order valence-electron chi connectivity index (χ3n) is 5.63. The Bertz CT molecular complexity index is 1220. The number of ether oxygens (including phenoxy) is 1. The average molecular weight is 433 g/mol. The van der Waals surface area contributed by atoms with Crippen molar-refractivity contribution in [1.29, 1.82) is 0 Å². The largest absolute Gasteiger partial charge is 0.446 e. The van der Waals surface area contributed by atoms with Crippen molar-refractivity contribution in [2.45, 2.75) is 37.8 Å². The summed E-state index contributed by atoms with van der Waals surface area (Å²) in [5, 5.41) is 17.7. The third-order valence-corrected chi connectivity index (χ3v) is 5.63. The van der Waals surface area contributed by atoms with Gasteiger partial charge in [-0.1, -0.05) is 6.07 Å². The number of anilines is 2. The van der Waals surface area contributed by atoms with Crippen molar-refractivity contribution in [3.05, 3.63) is 54.4 Å². The Hall–Kier alpha value is -4.02. The number of aromatic nitrogens is 7. The number of pyridine rings is 1. The van der Waals surface area contributed by atoms with Crippen LogP contribution >= 0.6 is 0 Å². The average Bonchev–Trinajstić information content (AvgIpc) is 3.54. The molecule has 1 fully saturated rings. The number of carbonyl (C=O) groups is 1. The molecule has 1 saturated carbocycles. The van der Waals surface area contributed by atoms with E-state index in [0.717, 1.165) is 41.6 Å². The Labute approximate surface area is 183 Å². The Morgan fingerprint density at radius 1 is 1.31 bits per heavy atom. The standard InChI is InChI=1S/C21H23N9O2/c1-30-19-17(11-26-30)24-12-25-20(19)27-18-8-16(28-29-18)14-4-5-15(7-14)32-21(31)23-10-13-3-2-6-22-9-13/h2-3,6,8-9,11-12,14-15H,4-5,7,10H2,1H3,(H,23,31)(H2,24,25,27,28,29)/t14-,15+/m0/s1. The van der Waals surface area contributed by atoms with E-state index in [1.165, 1.54) is 6.33 Å². The van der Waals surface area contributed by atoms with E-state index in [-0.39, 0.29) is 12.0 Å². The minimum Gasteiger partial charge on any atom is -0.446 e. The molecule has 0 aliphatic heterocycles. The van der Waals surface area contributed by atoms with E-state index >= 15 is 0 Å². The van der Waals surface area contributed by atoms with Crippen LogP contribution in [0.2, 0.25) is 0 Å². The van der Waals surface area contributed by atoms with Crippen LogP contribution in [0.25, 0.3) is 11.0 Å². The summed E-state index contributed by atoms with van der Waals surface area (Å²) in [5.74, 6) is 1.56. The second-order valence-electron chi connectivity index (χ2n) is 7.81. The molecule has 4 heterocycles. The van der Waals surface area contributed by atoms with Crippen molar-refractivity contribution in [2.75, 3.05) is 5.32 Å². The van der Waals surface area contributed by atoms with E-state index in [4.69, 9.17) is 4.74 Å². The second-order valence-corrected chi connectivity index (χ2v) is 7.81. The number of H-pyrrole nitrogens is 1. The second kappa shape index (κ2) is 8.61.